The van der Waals surface area contributed by atoms with Gasteiger partial charge in [0.15, 0.2) is 0 Å². The smallest absolute Gasteiger partial charge is 0.132 e. The van der Waals surface area contributed by atoms with Gasteiger partial charge in [0.2, 0.25) is 0 Å². The lowest BCUT2D eigenvalue weighted by molar-refractivity contribution is 0.625. The number of nitrogens with two attached hydrogens (primary N) is 1. The second-order valence-electron chi connectivity index (χ2n) is 7.35. The molecular weight excluding hydrogens is 389 g/mol. The first-order chi connectivity index (χ1) is 14.1. The molecule has 0 amide bonds. The van der Waals surface area contributed by atoms with E-state index in [4.69, 9.17) is 22.3 Å². The summed E-state index contributed by atoms with van der Waals surface area (Å²) in [5, 5.41) is 0.472. The van der Waals surface area contributed by atoms with Crippen LogP contribution in [0.3, 0.4) is 0 Å². The summed E-state index contributed by atoms with van der Waals surface area (Å²) in [6, 6.07) is 10.6. The summed E-state index contributed by atoms with van der Waals surface area (Å²) in [4.78, 5) is 16.1. The molecule has 0 bridgehead atoms. The highest BCUT2D eigenvalue weighted by molar-refractivity contribution is 6.35. The molecule has 1 atom stereocenters. The average Bonchev–Trinajstić information content (AvgIpc) is 3.38. The Labute approximate surface area is 172 Å². The Morgan fingerprint density at radius 1 is 1.14 bits per heavy atom. The maximum Gasteiger partial charge on any atom is 0.132 e. The molecule has 0 saturated carbocycles. The molecule has 2 N–H and O–H groups in total. The molecule has 5 rings (SSSR count). The van der Waals surface area contributed by atoms with Gasteiger partial charge in [-0.05, 0) is 42.8 Å². The van der Waals surface area contributed by atoms with Gasteiger partial charge >= 0.3 is 0 Å². The van der Waals surface area contributed by atoms with Crippen molar-refractivity contribution < 1.29 is 4.39 Å². The van der Waals surface area contributed by atoms with Crippen molar-refractivity contribution in [1.82, 2.24) is 9.97 Å². The highest BCUT2D eigenvalue weighted by Crippen LogP contribution is 2.29. The molecule has 29 heavy (non-hydrogen) atoms. The van der Waals surface area contributed by atoms with Gasteiger partial charge in [-0.25, -0.2) is 9.37 Å². The van der Waals surface area contributed by atoms with Crippen LogP contribution in [0.25, 0.3) is 16.6 Å². The summed E-state index contributed by atoms with van der Waals surface area (Å²) in [5.74, 6) is -0.351. The van der Waals surface area contributed by atoms with Crippen molar-refractivity contribution in [2.24, 2.45) is 10.7 Å². The first kappa shape index (κ1) is 18.2. The number of aromatic nitrogens is 2. The van der Waals surface area contributed by atoms with Crippen LogP contribution in [-0.2, 0) is 0 Å². The molecule has 146 valence electrons. The number of pyridine rings is 2. The lowest BCUT2D eigenvalue weighted by atomic mass is 10.00. The van der Waals surface area contributed by atoms with E-state index >= 15 is 0 Å². The fourth-order valence-electron chi connectivity index (χ4n) is 3.89. The van der Waals surface area contributed by atoms with E-state index in [-0.39, 0.29) is 11.9 Å². The van der Waals surface area contributed by atoms with Gasteiger partial charge in [0, 0.05) is 35.3 Å². The third kappa shape index (κ3) is 3.39. The first-order valence-electron chi connectivity index (χ1n) is 9.56. The van der Waals surface area contributed by atoms with E-state index < -0.39 is 0 Å². The lowest BCUT2D eigenvalue weighted by Crippen LogP contribution is -2.26. The molecule has 1 unspecified atom stereocenters. The summed E-state index contributed by atoms with van der Waals surface area (Å²) in [6.07, 6.45) is 4.80. The number of fused-ring (bicyclic) bond motifs is 1. The molecular formula is C22H19ClFN5. The van der Waals surface area contributed by atoms with Gasteiger partial charge in [-0.2, -0.15) is 0 Å². The van der Waals surface area contributed by atoms with Crippen LogP contribution < -0.4 is 10.6 Å². The van der Waals surface area contributed by atoms with Crippen LogP contribution in [0.5, 0.6) is 0 Å². The minimum absolute atomic E-state index is 0.194. The number of benzene rings is 1. The van der Waals surface area contributed by atoms with E-state index in [1.807, 2.05) is 30.5 Å². The van der Waals surface area contributed by atoms with E-state index in [0.717, 1.165) is 47.5 Å². The number of nitrogens with zero attached hydrogens (tertiary/aromatic N) is 4. The number of anilines is 1. The van der Waals surface area contributed by atoms with Gasteiger partial charge in [0.05, 0.1) is 40.9 Å². The van der Waals surface area contributed by atoms with Crippen molar-refractivity contribution in [3.63, 3.8) is 0 Å². The summed E-state index contributed by atoms with van der Waals surface area (Å²) >= 11 is 6.08. The van der Waals surface area contributed by atoms with Crippen LogP contribution in [0.4, 0.5) is 10.1 Å². The SMILES string of the molecule is NC1CCN(c2cnc3ccc(C4=CCN=C4c4cc(Cl)ccc4F)nc3c2)C1. The van der Waals surface area contributed by atoms with Crippen molar-refractivity contribution in [3.05, 3.63) is 70.8 Å². The Morgan fingerprint density at radius 3 is 2.86 bits per heavy atom. The second-order valence-corrected chi connectivity index (χ2v) is 7.79. The molecule has 1 saturated heterocycles. The summed E-state index contributed by atoms with van der Waals surface area (Å²) < 4.78 is 14.4. The van der Waals surface area contributed by atoms with E-state index in [2.05, 4.69) is 14.9 Å². The molecule has 2 aliphatic rings. The first-order valence-corrected chi connectivity index (χ1v) is 9.94. The third-order valence-electron chi connectivity index (χ3n) is 5.37. The van der Waals surface area contributed by atoms with Gasteiger partial charge < -0.3 is 10.6 Å². The van der Waals surface area contributed by atoms with Crippen molar-refractivity contribution in [2.45, 2.75) is 12.5 Å². The maximum atomic E-state index is 14.4. The zero-order valence-electron chi connectivity index (χ0n) is 15.6. The van der Waals surface area contributed by atoms with E-state index in [9.17, 15) is 4.39 Å². The molecule has 1 fully saturated rings. The molecule has 5 nitrogen and oxygen atoms in total. The Kier molecular flexibility index (Phi) is 4.53. The van der Waals surface area contributed by atoms with E-state index in [1.54, 1.807) is 6.07 Å². The summed E-state index contributed by atoms with van der Waals surface area (Å²) in [5.41, 5.74) is 11.2. The number of aliphatic imine (C=N–C) groups is 1. The normalized spacial score (nSPS) is 19.0. The standard InChI is InChI=1S/C22H19ClFN5/c23-13-1-2-18(24)17(9-13)22-16(5-7-26-22)19-3-4-20-21(28-19)10-15(11-27-20)29-8-6-14(25)12-29/h1-5,9-11,14H,6-8,12,25H2. The summed E-state index contributed by atoms with van der Waals surface area (Å²) in [6.45, 7) is 2.23. The number of hydrogen-bond donors (Lipinski definition) is 1. The van der Waals surface area contributed by atoms with Crippen LogP contribution in [-0.4, -0.2) is 41.4 Å². The largest absolute Gasteiger partial charge is 0.369 e. The minimum atomic E-state index is -0.351. The second kappa shape index (κ2) is 7.21. The molecule has 0 spiro atoms. The topological polar surface area (TPSA) is 67.4 Å². The third-order valence-corrected chi connectivity index (χ3v) is 5.61. The van der Waals surface area contributed by atoms with Crippen LogP contribution in [0.15, 0.2) is 53.7 Å². The molecule has 4 heterocycles. The fourth-order valence-corrected chi connectivity index (χ4v) is 4.06. The maximum absolute atomic E-state index is 14.4. The number of halogens is 2. The highest BCUT2D eigenvalue weighted by Gasteiger charge is 2.22. The Balaban J connectivity index is 1.53. The Bertz CT molecular complexity index is 1170. The highest BCUT2D eigenvalue weighted by atomic mass is 35.5. The van der Waals surface area contributed by atoms with Crippen molar-refractivity contribution in [3.8, 4) is 0 Å². The number of rotatable bonds is 3. The predicted octanol–water partition coefficient (Wildman–Crippen LogP) is 3.85. The van der Waals surface area contributed by atoms with Crippen molar-refractivity contribution in [2.75, 3.05) is 24.5 Å². The van der Waals surface area contributed by atoms with Gasteiger partial charge in [-0.15, -0.1) is 0 Å². The lowest BCUT2D eigenvalue weighted by Gasteiger charge is -2.18. The van der Waals surface area contributed by atoms with Crippen molar-refractivity contribution >= 4 is 39.6 Å². The fraction of sp³-hybridized carbons (Fsp3) is 0.227. The van der Waals surface area contributed by atoms with E-state index in [1.165, 1.54) is 12.1 Å². The molecule has 7 heteroatoms. The summed E-state index contributed by atoms with van der Waals surface area (Å²) in [7, 11) is 0. The predicted molar refractivity (Wildman–Crippen MR) is 115 cm³/mol. The van der Waals surface area contributed by atoms with Crippen LogP contribution in [0.1, 0.15) is 17.7 Å². The quantitative estimate of drug-likeness (QED) is 0.716. The molecule has 0 aliphatic carbocycles. The Morgan fingerprint density at radius 2 is 2.03 bits per heavy atom. The van der Waals surface area contributed by atoms with Crippen LogP contribution in [0, 0.1) is 5.82 Å². The van der Waals surface area contributed by atoms with Crippen LogP contribution >= 0.6 is 11.6 Å². The average molecular weight is 408 g/mol. The molecule has 0 radical (unpaired) electrons. The van der Waals surface area contributed by atoms with Crippen molar-refractivity contribution in [1.29, 1.82) is 0 Å². The molecule has 2 aliphatic heterocycles. The van der Waals surface area contributed by atoms with E-state index in [0.29, 0.717) is 22.8 Å². The number of allylic oxidation sites excluding steroid dienone is 1. The molecule has 1 aromatic carbocycles. The minimum Gasteiger partial charge on any atom is -0.369 e. The van der Waals surface area contributed by atoms with Gasteiger partial charge in [-0.3, -0.25) is 9.98 Å². The van der Waals surface area contributed by atoms with Gasteiger partial charge in [-0.1, -0.05) is 17.7 Å². The Hall–Kier alpha value is -2.83. The molecule has 3 aromatic rings. The zero-order chi connectivity index (χ0) is 20.0. The monoisotopic (exact) mass is 407 g/mol. The number of hydrogen-bond acceptors (Lipinski definition) is 5. The van der Waals surface area contributed by atoms with Gasteiger partial charge in [0.25, 0.3) is 0 Å². The van der Waals surface area contributed by atoms with Crippen LogP contribution in [0.2, 0.25) is 5.02 Å². The molecule has 2 aromatic heterocycles. The zero-order valence-corrected chi connectivity index (χ0v) is 16.4. The van der Waals surface area contributed by atoms with Gasteiger partial charge in [0.1, 0.15) is 5.82 Å².